The molecule has 1 atom stereocenters. The molecule has 17 heavy (non-hydrogen) atoms. The minimum Gasteiger partial charge on any atom is -0.489 e. The van der Waals surface area contributed by atoms with Crippen LogP contribution in [0.5, 0.6) is 5.75 Å². The van der Waals surface area contributed by atoms with Crippen LogP contribution in [-0.4, -0.2) is 19.2 Å². The van der Waals surface area contributed by atoms with Crippen molar-refractivity contribution in [2.75, 3.05) is 13.1 Å². The first-order chi connectivity index (χ1) is 8.15. The molecule has 1 unspecified atom stereocenters. The number of benzene rings is 1. The molecule has 0 spiro atoms. The highest BCUT2D eigenvalue weighted by atomic mass is 16.5. The van der Waals surface area contributed by atoms with Crippen LogP contribution in [0.25, 0.3) is 0 Å². The molecular formula is C15H25NO. The van der Waals surface area contributed by atoms with E-state index in [1.807, 2.05) is 0 Å². The third-order valence-corrected chi connectivity index (χ3v) is 2.75. The minimum atomic E-state index is 0.266. The van der Waals surface area contributed by atoms with Gasteiger partial charge in [-0.05, 0) is 56.5 Å². The Kier molecular flexibility index (Phi) is 6.06. The van der Waals surface area contributed by atoms with Gasteiger partial charge in [0.1, 0.15) is 11.9 Å². The van der Waals surface area contributed by atoms with E-state index in [-0.39, 0.29) is 6.10 Å². The molecule has 1 rings (SSSR count). The zero-order chi connectivity index (χ0) is 12.7. The molecule has 1 aromatic rings. The van der Waals surface area contributed by atoms with Gasteiger partial charge in [0.2, 0.25) is 0 Å². The molecule has 0 aliphatic heterocycles. The lowest BCUT2D eigenvalue weighted by Gasteiger charge is -2.18. The second-order valence-corrected chi connectivity index (χ2v) is 4.68. The Morgan fingerprint density at radius 3 is 2.29 bits per heavy atom. The molecule has 0 saturated heterocycles. The highest BCUT2D eigenvalue weighted by Crippen LogP contribution is 2.18. The number of aryl methyl sites for hydroxylation is 2. The molecule has 1 N–H and O–H groups in total. The zero-order valence-corrected chi connectivity index (χ0v) is 11.5. The van der Waals surface area contributed by atoms with Crippen LogP contribution in [0, 0.1) is 13.8 Å². The second-order valence-electron chi connectivity index (χ2n) is 4.68. The van der Waals surface area contributed by atoms with Crippen LogP contribution < -0.4 is 10.1 Å². The van der Waals surface area contributed by atoms with Crippen molar-refractivity contribution in [2.24, 2.45) is 0 Å². The first-order valence-corrected chi connectivity index (χ1v) is 6.61. The maximum Gasteiger partial charge on any atom is 0.120 e. The smallest absolute Gasteiger partial charge is 0.120 e. The molecule has 1 aromatic carbocycles. The van der Waals surface area contributed by atoms with Gasteiger partial charge in [0.15, 0.2) is 0 Å². The lowest BCUT2D eigenvalue weighted by Crippen LogP contribution is -2.31. The van der Waals surface area contributed by atoms with Gasteiger partial charge < -0.3 is 10.1 Å². The summed E-state index contributed by atoms with van der Waals surface area (Å²) in [7, 11) is 0. The van der Waals surface area contributed by atoms with Crippen molar-refractivity contribution < 1.29 is 4.74 Å². The summed E-state index contributed by atoms with van der Waals surface area (Å²) < 4.78 is 6.01. The first-order valence-electron chi connectivity index (χ1n) is 6.61. The van der Waals surface area contributed by atoms with Crippen molar-refractivity contribution in [3.05, 3.63) is 29.3 Å². The van der Waals surface area contributed by atoms with E-state index in [4.69, 9.17) is 4.74 Å². The summed E-state index contributed by atoms with van der Waals surface area (Å²) in [5, 5.41) is 3.41. The molecule has 2 nitrogen and oxygen atoms in total. The van der Waals surface area contributed by atoms with E-state index < -0.39 is 0 Å². The number of nitrogens with one attached hydrogen (secondary N) is 1. The van der Waals surface area contributed by atoms with Crippen LogP contribution in [0.1, 0.15) is 37.8 Å². The highest BCUT2D eigenvalue weighted by Gasteiger charge is 2.07. The fourth-order valence-electron chi connectivity index (χ4n) is 1.90. The summed E-state index contributed by atoms with van der Waals surface area (Å²) >= 11 is 0. The van der Waals surface area contributed by atoms with Crippen LogP contribution in [0.15, 0.2) is 18.2 Å². The Labute approximate surface area is 105 Å². The molecule has 0 heterocycles. The molecule has 0 saturated carbocycles. The maximum absolute atomic E-state index is 6.01. The van der Waals surface area contributed by atoms with Crippen LogP contribution in [-0.2, 0) is 0 Å². The Balaban J connectivity index is 2.54. The largest absolute Gasteiger partial charge is 0.489 e. The SMILES string of the molecule is CCCNCC(CC)Oc1cc(C)cc(C)c1. The molecule has 96 valence electrons. The van der Waals surface area contributed by atoms with Gasteiger partial charge in [0.25, 0.3) is 0 Å². The number of hydrogen-bond acceptors (Lipinski definition) is 2. The van der Waals surface area contributed by atoms with E-state index in [0.29, 0.717) is 0 Å². The van der Waals surface area contributed by atoms with Gasteiger partial charge in [-0.15, -0.1) is 0 Å². The maximum atomic E-state index is 6.01. The normalized spacial score (nSPS) is 12.5. The Bertz CT molecular complexity index is 315. The van der Waals surface area contributed by atoms with Crippen molar-refractivity contribution >= 4 is 0 Å². The summed E-state index contributed by atoms with van der Waals surface area (Å²) in [6, 6.07) is 6.38. The second kappa shape index (κ2) is 7.33. The Morgan fingerprint density at radius 2 is 1.76 bits per heavy atom. The lowest BCUT2D eigenvalue weighted by atomic mass is 10.1. The molecule has 0 aliphatic carbocycles. The van der Waals surface area contributed by atoms with Gasteiger partial charge in [0, 0.05) is 6.54 Å². The zero-order valence-electron chi connectivity index (χ0n) is 11.5. The fourth-order valence-corrected chi connectivity index (χ4v) is 1.90. The van der Waals surface area contributed by atoms with Gasteiger partial charge in [-0.3, -0.25) is 0 Å². The quantitative estimate of drug-likeness (QED) is 0.731. The van der Waals surface area contributed by atoms with E-state index in [1.54, 1.807) is 0 Å². The average molecular weight is 235 g/mol. The third-order valence-electron chi connectivity index (χ3n) is 2.75. The van der Waals surface area contributed by atoms with Gasteiger partial charge in [0.05, 0.1) is 0 Å². The van der Waals surface area contributed by atoms with Crippen LogP contribution in [0.3, 0.4) is 0 Å². The summed E-state index contributed by atoms with van der Waals surface area (Å²) in [6.07, 6.45) is 2.46. The van der Waals surface area contributed by atoms with E-state index in [2.05, 4.69) is 51.2 Å². The van der Waals surface area contributed by atoms with Gasteiger partial charge in [-0.1, -0.05) is 19.9 Å². The lowest BCUT2D eigenvalue weighted by molar-refractivity contribution is 0.193. The number of ether oxygens (including phenoxy) is 1. The summed E-state index contributed by atoms with van der Waals surface area (Å²) in [6.45, 7) is 10.6. The van der Waals surface area contributed by atoms with Crippen LogP contribution >= 0.6 is 0 Å². The Morgan fingerprint density at radius 1 is 1.12 bits per heavy atom. The van der Waals surface area contributed by atoms with Crippen molar-refractivity contribution in [1.82, 2.24) is 5.32 Å². The monoisotopic (exact) mass is 235 g/mol. The van der Waals surface area contributed by atoms with E-state index in [0.717, 1.165) is 25.3 Å². The van der Waals surface area contributed by atoms with Crippen molar-refractivity contribution in [2.45, 2.75) is 46.6 Å². The van der Waals surface area contributed by atoms with E-state index in [9.17, 15) is 0 Å². The van der Waals surface area contributed by atoms with Gasteiger partial charge >= 0.3 is 0 Å². The van der Waals surface area contributed by atoms with E-state index in [1.165, 1.54) is 17.5 Å². The summed E-state index contributed by atoms with van der Waals surface area (Å²) in [5.74, 6) is 0.993. The van der Waals surface area contributed by atoms with Crippen molar-refractivity contribution in [1.29, 1.82) is 0 Å². The average Bonchev–Trinajstić information content (AvgIpc) is 2.26. The fraction of sp³-hybridized carbons (Fsp3) is 0.600. The van der Waals surface area contributed by atoms with Gasteiger partial charge in [-0.25, -0.2) is 0 Å². The molecular weight excluding hydrogens is 210 g/mol. The summed E-state index contributed by atoms with van der Waals surface area (Å²) in [5.41, 5.74) is 2.52. The molecule has 2 heteroatoms. The predicted molar refractivity (Wildman–Crippen MR) is 73.8 cm³/mol. The number of rotatable bonds is 7. The molecule has 0 bridgehead atoms. The molecule has 0 fully saturated rings. The molecule has 0 amide bonds. The first kappa shape index (κ1) is 14.0. The van der Waals surface area contributed by atoms with Crippen LogP contribution in [0.4, 0.5) is 0 Å². The van der Waals surface area contributed by atoms with Gasteiger partial charge in [-0.2, -0.15) is 0 Å². The molecule has 0 aliphatic rings. The van der Waals surface area contributed by atoms with E-state index >= 15 is 0 Å². The molecule has 0 aromatic heterocycles. The predicted octanol–water partition coefficient (Wildman–Crippen LogP) is 3.46. The minimum absolute atomic E-state index is 0.266. The summed E-state index contributed by atoms with van der Waals surface area (Å²) in [4.78, 5) is 0. The highest BCUT2D eigenvalue weighted by molar-refractivity contribution is 5.33. The third kappa shape index (κ3) is 5.22. The van der Waals surface area contributed by atoms with Crippen molar-refractivity contribution in [3.8, 4) is 5.75 Å². The standard InChI is InChI=1S/C15H25NO/c1-5-7-16-11-14(6-2)17-15-9-12(3)8-13(4)10-15/h8-10,14,16H,5-7,11H2,1-4H3. The van der Waals surface area contributed by atoms with Crippen molar-refractivity contribution in [3.63, 3.8) is 0 Å². The topological polar surface area (TPSA) is 21.3 Å². The van der Waals surface area contributed by atoms with Crippen LogP contribution in [0.2, 0.25) is 0 Å². The number of hydrogen-bond donors (Lipinski definition) is 1. The Hall–Kier alpha value is -1.02. The molecule has 0 radical (unpaired) electrons.